The predicted molar refractivity (Wildman–Crippen MR) is 72.8 cm³/mol. The summed E-state index contributed by atoms with van der Waals surface area (Å²) >= 11 is 1.45. The molecule has 0 fully saturated rings. The van der Waals surface area contributed by atoms with Gasteiger partial charge in [0.15, 0.2) is 6.20 Å². The summed E-state index contributed by atoms with van der Waals surface area (Å²) in [5.41, 5.74) is 0.610. The summed E-state index contributed by atoms with van der Waals surface area (Å²) in [7, 11) is 0. The Hall–Kier alpha value is -2.19. The lowest BCUT2D eigenvalue weighted by atomic mass is 10.2. The molecule has 0 amide bonds. The Balaban J connectivity index is 1.78. The van der Waals surface area contributed by atoms with Crippen molar-refractivity contribution in [1.29, 1.82) is 5.26 Å². The smallest absolute Gasteiger partial charge is 0.251 e. The van der Waals surface area contributed by atoms with E-state index >= 15 is 0 Å². The van der Waals surface area contributed by atoms with Crippen LogP contribution in [0.1, 0.15) is 5.56 Å². The summed E-state index contributed by atoms with van der Waals surface area (Å²) in [5.74, 6) is 1.41. The molecule has 1 heterocycles. The lowest BCUT2D eigenvalue weighted by molar-refractivity contribution is -0.645. The van der Waals surface area contributed by atoms with Crippen molar-refractivity contribution in [3.05, 3.63) is 59.4 Å². The zero-order valence-corrected chi connectivity index (χ0v) is 11.0. The van der Waals surface area contributed by atoms with Gasteiger partial charge in [0.05, 0.1) is 18.2 Å². The first-order valence-corrected chi connectivity index (χ1v) is 6.72. The minimum absolute atomic E-state index is 0.505. The third-order valence-corrected chi connectivity index (χ3v) is 3.36. The zero-order valence-electron chi connectivity index (χ0n) is 10.2. The van der Waals surface area contributed by atoms with Crippen molar-refractivity contribution in [3.8, 4) is 11.8 Å². The highest BCUT2D eigenvalue weighted by Crippen LogP contribution is 2.15. The van der Waals surface area contributed by atoms with Gasteiger partial charge in [-0.1, -0.05) is 11.8 Å². The summed E-state index contributed by atoms with van der Waals surface area (Å²) in [4.78, 5) is 0. The minimum atomic E-state index is 0.505. The van der Waals surface area contributed by atoms with Gasteiger partial charge in [0.25, 0.3) is 5.03 Å². The van der Waals surface area contributed by atoms with Crippen molar-refractivity contribution >= 4 is 11.8 Å². The number of ether oxygens (including phenoxy) is 1. The molecule has 2 rings (SSSR count). The van der Waals surface area contributed by atoms with E-state index in [0.717, 1.165) is 10.5 Å². The molecule has 5 heteroatoms. The van der Waals surface area contributed by atoms with E-state index in [4.69, 9.17) is 10.00 Å². The number of nitrogens with zero attached hydrogens (tertiary/aromatic N) is 2. The first-order chi connectivity index (χ1) is 9.29. The zero-order chi connectivity index (χ0) is 13.5. The van der Waals surface area contributed by atoms with Crippen LogP contribution in [0.5, 0.6) is 5.75 Å². The molecule has 0 aliphatic heterocycles. The van der Waals surface area contributed by atoms with E-state index in [0.29, 0.717) is 22.9 Å². The second kappa shape index (κ2) is 6.66. The highest BCUT2D eigenvalue weighted by Gasteiger charge is 2.03. The van der Waals surface area contributed by atoms with Gasteiger partial charge in [-0.3, -0.25) is 0 Å². The summed E-state index contributed by atoms with van der Waals surface area (Å²) in [5, 5.41) is 20.7. The molecule has 0 saturated heterocycles. The standard InChI is InChI=1S/C14H12N2O2S/c15-11-12-4-6-13(7-5-12)18-9-10-19-14-3-1-2-8-16(14)17/h1-8H,9-10H2. The van der Waals surface area contributed by atoms with Crippen molar-refractivity contribution < 1.29 is 9.47 Å². The average Bonchev–Trinajstić information content (AvgIpc) is 2.46. The first kappa shape index (κ1) is 13.2. The van der Waals surface area contributed by atoms with Gasteiger partial charge in [0, 0.05) is 17.9 Å². The van der Waals surface area contributed by atoms with Gasteiger partial charge in [0.2, 0.25) is 0 Å². The van der Waals surface area contributed by atoms with Crippen LogP contribution in [-0.2, 0) is 0 Å². The molecule has 0 spiro atoms. The molecule has 96 valence electrons. The highest BCUT2D eigenvalue weighted by molar-refractivity contribution is 7.99. The monoisotopic (exact) mass is 272 g/mol. The lowest BCUT2D eigenvalue weighted by Crippen LogP contribution is -2.27. The van der Waals surface area contributed by atoms with Gasteiger partial charge < -0.3 is 9.94 Å². The van der Waals surface area contributed by atoms with E-state index in [9.17, 15) is 5.21 Å². The molecule has 4 nitrogen and oxygen atoms in total. The van der Waals surface area contributed by atoms with E-state index in [2.05, 4.69) is 6.07 Å². The predicted octanol–water partition coefficient (Wildman–Crippen LogP) is 2.36. The third kappa shape index (κ3) is 3.90. The van der Waals surface area contributed by atoms with Crippen molar-refractivity contribution in [2.75, 3.05) is 12.4 Å². The molecule has 0 radical (unpaired) electrons. The van der Waals surface area contributed by atoms with E-state index in [1.54, 1.807) is 36.4 Å². The summed E-state index contributed by atoms with van der Waals surface area (Å²) < 4.78 is 6.37. The van der Waals surface area contributed by atoms with Crippen LogP contribution in [0.4, 0.5) is 0 Å². The molecule has 0 unspecified atom stereocenters. The molecular weight excluding hydrogens is 260 g/mol. The molecule has 0 aliphatic carbocycles. The van der Waals surface area contributed by atoms with Crippen LogP contribution >= 0.6 is 11.8 Å². The fourth-order valence-corrected chi connectivity index (χ4v) is 2.19. The number of rotatable bonds is 5. The van der Waals surface area contributed by atoms with Gasteiger partial charge in [-0.15, -0.1) is 0 Å². The van der Waals surface area contributed by atoms with Gasteiger partial charge in [-0.2, -0.15) is 9.99 Å². The van der Waals surface area contributed by atoms with Crippen molar-refractivity contribution in [2.45, 2.75) is 5.03 Å². The number of benzene rings is 1. The molecule has 2 aromatic rings. The fraction of sp³-hybridized carbons (Fsp3) is 0.143. The second-order valence-electron chi connectivity index (χ2n) is 3.70. The third-order valence-electron chi connectivity index (χ3n) is 2.37. The van der Waals surface area contributed by atoms with Gasteiger partial charge in [-0.05, 0) is 30.3 Å². The maximum atomic E-state index is 11.4. The molecule has 0 saturated carbocycles. The van der Waals surface area contributed by atoms with Gasteiger partial charge in [-0.25, -0.2) is 0 Å². The van der Waals surface area contributed by atoms with Gasteiger partial charge >= 0.3 is 0 Å². The maximum Gasteiger partial charge on any atom is 0.251 e. The lowest BCUT2D eigenvalue weighted by Gasteiger charge is -2.06. The molecular formula is C14H12N2O2S. The molecule has 1 aromatic carbocycles. The Morgan fingerprint density at radius 2 is 2.00 bits per heavy atom. The van der Waals surface area contributed by atoms with E-state index in [-0.39, 0.29) is 0 Å². The fourth-order valence-electron chi connectivity index (χ4n) is 1.46. The van der Waals surface area contributed by atoms with Crippen LogP contribution in [0, 0.1) is 16.5 Å². The number of hydrogen-bond donors (Lipinski definition) is 0. The average molecular weight is 272 g/mol. The Labute approximate surface area is 115 Å². The highest BCUT2D eigenvalue weighted by atomic mass is 32.2. The van der Waals surface area contributed by atoms with Crippen molar-refractivity contribution in [2.24, 2.45) is 0 Å². The Morgan fingerprint density at radius 3 is 2.68 bits per heavy atom. The molecule has 0 N–H and O–H groups in total. The normalized spacial score (nSPS) is 9.84. The second-order valence-corrected chi connectivity index (χ2v) is 4.81. The van der Waals surface area contributed by atoms with Crippen LogP contribution in [0.2, 0.25) is 0 Å². The van der Waals surface area contributed by atoms with Crippen molar-refractivity contribution in [1.82, 2.24) is 0 Å². The summed E-state index contributed by atoms with van der Waals surface area (Å²) in [6.07, 6.45) is 1.48. The Morgan fingerprint density at radius 1 is 1.21 bits per heavy atom. The largest absolute Gasteiger partial charge is 0.618 e. The van der Waals surface area contributed by atoms with Crippen LogP contribution in [-0.4, -0.2) is 12.4 Å². The summed E-state index contributed by atoms with van der Waals surface area (Å²) in [6, 6.07) is 14.3. The van der Waals surface area contributed by atoms with Crippen LogP contribution in [0.25, 0.3) is 0 Å². The molecule has 0 atom stereocenters. The van der Waals surface area contributed by atoms with E-state index in [1.807, 2.05) is 6.07 Å². The Kier molecular flexibility index (Phi) is 4.65. The SMILES string of the molecule is N#Cc1ccc(OCCSc2cccc[n+]2[O-])cc1. The van der Waals surface area contributed by atoms with E-state index < -0.39 is 0 Å². The minimum Gasteiger partial charge on any atom is -0.618 e. The molecule has 19 heavy (non-hydrogen) atoms. The number of hydrogen-bond acceptors (Lipinski definition) is 4. The Bertz CT molecular complexity index is 579. The van der Waals surface area contributed by atoms with E-state index in [1.165, 1.54) is 18.0 Å². The van der Waals surface area contributed by atoms with Gasteiger partial charge in [0.1, 0.15) is 5.75 Å². The number of thioether (sulfide) groups is 1. The maximum absolute atomic E-state index is 11.4. The van der Waals surface area contributed by atoms with Crippen LogP contribution in [0.15, 0.2) is 53.7 Å². The van der Waals surface area contributed by atoms with Crippen molar-refractivity contribution in [3.63, 3.8) is 0 Å². The molecule has 0 aliphatic rings. The quantitative estimate of drug-likeness (QED) is 0.363. The van der Waals surface area contributed by atoms with Crippen LogP contribution in [0.3, 0.4) is 0 Å². The summed E-state index contributed by atoms with van der Waals surface area (Å²) in [6.45, 7) is 0.505. The molecule has 1 aromatic heterocycles. The number of aromatic nitrogens is 1. The van der Waals surface area contributed by atoms with Crippen LogP contribution < -0.4 is 9.47 Å². The number of pyridine rings is 1. The topological polar surface area (TPSA) is 60.0 Å². The first-order valence-electron chi connectivity index (χ1n) is 5.73. The number of nitriles is 1. The molecule has 0 bridgehead atoms.